The third kappa shape index (κ3) is 4.85. The minimum absolute atomic E-state index is 0.0802. The number of nitrogens with one attached hydrogen (secondary N) is 1. The number of nitrogens with zero attached hydrogens (tertiary/aromatic N) is 5. The smallest absolute Gasteiger partial charge is 0.256 e. The molecule has 2 aliphatic heterocycles. The minimum Gasteiger partial charge on any atom is -0.360 e. The highest BCUT2D eigenvalue weighted by Gasteiger charge is 2.31. The summed E-state index contributed by atoms with van der Waals surface area (Å²) < 4.78 is 5.54. The van der Waals surface area contributed by atoms with Crippen LogP contribution in [-0.4, -0.2) is 79.5 Å². The number of ketones is 1. The second-order valence-electron chi connectivity index (χ2n) is 8.23. The molecule has 1 atom stereocenters. The first-order valence-electron chi connectivity index (χ1n) is 10.6. The number of piperazine rings is 1. The molecule has 1 N–H and O–H groups in total. The van der Waals surface area contributed by atoms with Crippen LogP contribution in [0.5, 0.6) is 0 Å². The number of hydrogen-bond acceptors (Lipinski definition) is 8. The average molecular weight is 459 g/mol. The summed E-state index contributed by atoms with van der Waals surface area (Å²) in [5.74, 6) is 0.900. The Balaban J connectivity index is 1.53. The number of aromatic nitrogens is 2. The molecule has 4 rings (SSSR count). The number of benzene rings is 1. The van der Waals surface area contributed by atoms with Gasteiger partial charge in [-0.1, -0.05) is 11.6 Å². The Morgan fingerprint density at radius 2 is 2.00 bits per heavy atom. The number of hydrogen-bond donors (Lipinski definition) is 1. The molecule has 1 aromatic carbocycles. The largest absolute Gasteiger partial charge is 0.360 e. The molecule has 1 amide bonds. The lowest BCUT2D eigenvalue weighted by Crippen LogP contribution is -2.45. The maximum Gasteiger partial charge on any atom is 0.256 e. The van der Waals surface area contributed by atoms with Crippen LogP contribution in [-0.2, 0) is 20.7 Å². The molecule has 10 heteroatoms. The third-order valence-corrected chi connectivity index (χ3v) is 6.00. The molecule has 1 saturated heterocycles. The molecule has 1 fully saturated rings. The van der Waals surface area contributed by atoms with Gasteiger partial charge in [0.2, 0.25) is 5.95 Å². The fraction of sp³-hybridized carbons (Fsp3) is 0.455. The first kappa shape index (κ1) is 22.4. The van der Waals surface area contributed by atoms with Crippen molar-refractivity contribution in [1.82, 2.24) is 14.9 Å². The molecule has 3 heterocycles. The summed E-state index contributed by atoms with van der Waals surface area (Å²) in [6.07, 6.45) is 1.32. The number of likely N-dealkylation sites (N-methyl/N-ethyl adjacent to an activating group) is 2. The van der Waals surface area contributed by atoms with Crippen LogP contribution in [0.2, 0.25) is 5.02 Å². The number of carbonyl (C=O) groups excluding carboxylic acids is 2. The van der Waals surface area contributed by atoms with Gasteiger partial charge in [-0.15, -0.1) is 0 Å². The van der Waals surface area contributed by atoms with E-state index in [1.807, 2.05) is 18.2 Å². The molecule has 32 heavy (non-hydrogen) atoms. The standard InChI is InChI=1S/C22H27ClN6O3/c1-14(30)13-32-19-11-15-10-16(4-5-18(15)28(3)21(19)31)25-20-17(23)12-24-22(26-20)29-8-6-27(2)7-9-29/h4-5,10,12,19H,6-9,11,13H2,1-3H3,(H,24,25,26). The molecule has 2 aromatic rings. The lowest BCUT2D eigenvalue weighted by atomic mass is 9.98. The van der Waals surface area contributed by atoms with Gasteiger partial charge in [-0.3, -0.25) is 9.59 Å². The summed E-state index contributed by atoms with van der Waals surface area (Å²) in [5.41, 5.74) is 2.55. The van der Waals surface area contributed by atoms with Gasteiger partial charge in [0.15, 0.2) is 11.6 Å². The number of amides is 1. The van der Waals surface area contributed by atoms with Crippen molar-refractivity contribution >= 4 is 46.4 Å². The van der Waals surface area contributed by atoms with Gasteiger partial charge in [-0.2, -0.15) is 4.98 Å². The van der Waals surface area contributed by atoms with E-state index < -0.39 is 6.10 Å². The number of rotatable bonds is 6. The molecular weight excluding hydrogens is 432 g/mol. The van der Waals surface area contributed by atoms with Crippen LogP contribution in [0.3, 0.4) is 0 Å². The molecule has 0 aliphatic carbocycles. The summed E-state index contributed by atoms with van der Waals surface area (Å²) >= 11 is 6.37. The molecule has 0 saturated carbocycles. The van der Waals surface area contributed by atoms with Crippen LogP contribution in [0, 0.1) is 0 Å². The molecule has 9 nitrogen and oxygen atoms in total. The molecule has 2 aliphatic rings. The van der Waals surface area contributed by atoms with Gasteiger partial charge in [0.1, 0.15) is 17.7 Å². The first-order chi connectivity index (χ1) is 15.3. The Hall–Kier alpha value is -2.75. The maximum absolute atomic E-state index is 12.6. The summed E-state index contributed by atoms with van der Waals surface area (Å²) in [5, 5.41) is 3.71. The van der Waals surface area contributed by atoms with E-state index in [1.54, 1.807) is 18.1 Å². The lowest BCUT2D eigenvalue weighted by molar-refractivity contribution is -0.134. The normalized spacial score (nSPS) is 19.1. The van der Waals surface area contributed by atoms with Gasteiger partial charge < -0.3 is 24.8 Å². The highest BCUT2D eigenvalue weighted by atomic mass is 35.5. The number of halogens is 1. The van der Waals surface area contributed by atoms with Crippen molar-refractivity contribution in [2.24, 2.45) is 0 Å². The molecule has 0 radical (unpaired) electrons. The molecule has 0 spiro atoms. The lowest BCUT2D eigenvalue weighted by Gasteiger charge is -2.32. The van der Waals surface area contributed by atoms with Gasteiger partial charge in [0.05, 0.1) is 6.20 Å². The maximum atomic E-state index is 12.6. The van der Waals surface area contributed by atoms with Gasteiger partial charge in [0.25, 0.3) is 5.91 Å². The predicted octanol–water partition coefficient (Wildman–Crippen LogP) is 2.12. The Morgan fingerprint density at radius 1 is 1.25 bits per heavy atom. The van der Waals surface area contributed by atoms with Crippen LogP contribution >= 0.6 is 11.6 Å². The van der Waals surface area contributed by atoms with Gasteiger partial charge in [-0.05, 0) is 37.7 Å². The van der Waals surface area contributed by atoms with Crippen molar-refractivity contribution in [3.8, 4) is 0 Å². The second-order valence-corrected chi connectivity index (χ2v) is 8.64. The van der Waals surface area contributed by atoms with Crippen molar-refractivity contribution in [1.29, 1.82) is 0 Å². The average Bonchev–Trinajstić information content (AvgIpc) is 2.77. The summed E-state index contributed by atoms with van der Waals surface area (Å²) in [6.45, 7) is 4.99. The molecule has 0 bridgehead atoms. The Labute approximate surface area is 192 Å². The van der Waals surface area contributed by atoms with Crippen molar-refractivity contribution < 1.29 is 14.3 Å². The van der Waals surface area contributed by atoms with Gasteiger partial charge in [0, 0.05) is 51.0 Å². The zero-order chi connectivity index (χ0) is 22.8. The number of anilines is 4. The van der Waals surface area contributed by atoms with E-state index in [4.69, 9.17) is 16.3 Å². The van der Waals surface area contributed by atoms with E-state index in [9.17, 15) is 9.59 Å². The highest BCUT2D eigenvalue weighted by molar-refractivity contribution is 6.32. The van der Waals surface area contributed by atoms with E-state index in [1.165, 1.54) is 6.92 Å². The Morgan fingerprint density at radius 3 is 2.72 bits per heavy atom. The van der Waals surface area contributed by atoms with Crippen LogP contribution in [0.4, 0.5) is 23.1 Å². The quantitative estimate of drug-likeness (QED) is 0.704. The molecule has 170 valence electrons. The monoisotopic (exact) mass is 458 g/mol. The van der Waals surface area contributed by atoms with E-state index in [2.05, 4.69) is 32.1 Å². The van der Waals surface area contributed by atoms with Gasteiger partial charge >= 0.3 is 0 Å². The third-order valence-electron chi connectivity index (χ3n) is 5.72. The minimum atomic E-state index is -0.682. The Bertz CT molecular complexity index is 1020. The van der Waals surface area contributed by atoms with Crippen molar-refractivity contribution in [2.45, 2.75) is 19.4 Å². The van der Waals surface area contributed by atoms with E-state index in [0.717, 1.165) is 43.1 Å². The highest BCUT2D eigenvalue weighted by Crippen LogP contribution is 2.32. The van der Waals surface area contributed by atoms with E-state index in [0.29, 0.717) is 23.2 Å². The topological polar surface area (TPSA) is 90.9 Å². The van der Waals surface area contributed by atoms with Crippen molar-refractivity contribution in [3.05, 3.63) is 35.0 Å². The van der Waals surface area contributed by atoms with Crippen LogP contribution in [0.15, 0.2) is 24.4 Å². The van der Waals surface area contributed by atoms with E-state index in [-0.39, 0.29) is 18.3 Å². The van der Waals surface area contributed by atoms with Crippen molar-refractivity contribution in [2.75, 3.05) is 62.0 Å². The van der Waals surface area contributed by atoms with Crippen LogP contribution in [0.25, 0.3) is 0 Å². The van der Waals surface area contributed by atoms with Crippen LogP contribution < -0.4 is 15.1 Å². The summed E-state index contributed by atoms with van der Waals surface area (Å²) in [7, 11) is 3.81. The molecule has 1 unspecified atom stereocenters. The number of fused-ring (bicyclic) bond motifs is 1. The summed E-state index contributed by atoms with van der Waals surface area (Å²) in [6, 6.07) is 5.72. The molecular formula is C22H27ClN6O3. The second kappa shape index (κ2) is 9.40. The number of carbonyl (C=O) groups is 2. The number of Topliss-reactive ketones (excluding diaryl/α,β-unsaturated/α-hetero) is 1. The van der Waals surface area contributed by atoms with Crippen molar-refractivity contribution in [3.63, 3.8) is 0 Å². The van der Waals surface area contributed by atoms with Gasteiger partial charge in [-0.25, -0.2) is 4.98 Å². The number of ether oxygens (including phenoxy) is 1. The fourth-order valence-corrected chi connectivity index (χ4v) is 4.00. The Kier molecular flexibility index (Phi) is 6.59. The van der Waals surface area contributed by atoms with E-state index >= 15 is 0 Å². The zero-order valence-corrected chi connectivity index (χ0v) is 19.2. The summed E-state index contributed by atoms with van der Waals surface area (Å²) in [4.78, 5) is 38.9. The molecule has 1 aromatic heterocycles. The zero-order valence-electron chi connectivity index (χ0n) is 18.5. The first-order valence-corrected chi connectivity index (χ1v) is 10.9. The van der Waals surface area contributed by atoms with Crippen LogP contribution in [0.1, 0.15) is 12.5 Å². The fourth-order valence-electron chi connectivity index (χ4n) is 3.86. The predicted molar refractivity (Wildman–Crippen MR) is 124 cm³/mol. The SMILES string of the molecule is CC(=O)COC1Cc2cc(Nc3nc(N4CCN(C)CC4)ncc3Cl)ccc2N(C)C1=O.